The molecular weight excluding hydrogens is 526 g/mol. The Kier molecular flexibility index (Phi) is 10.4. The maximum atomic E-state index is 14.5. The van der Waals surface area contributed by atoms with Crippen molar-refractivity contribution >= 4 is 34.4 Å². The number of hydrogen-bond acceptors (Lipinski definition) is 4. The van der Waals surface area contributed by atoms with Gasteiger partial charge in [0.1, 0.15) is 17.7 Å². The van der Waals surface area contributed by atoms with Crippen LogP contribution in [0.4, 0.5) is 10.5 Å². The summed E-state index contributed by atoms with van der Waals surface area (Å²) in [5.41, 5.74) is 0.965. The van der Waals surface area contributed by atoms with Crippen molar-refractivity contribution in [3.8, 4) is 0 Å². The van der Waals surface area contributed by atoms with Crippen molar-refractivity contribution in [1.82, 2.24) is 10.2 Å². The fourth-order valence-corrected chi connectivity index (χ4v) is 4.94. The van der Waals surface area contributed by atoms with Gasteiger partial charge in [0, 0.05) is 11.2 Å². The monoisotopic (exact) mass is 573 g/mol. The lowest BCUT2D eigenvalue weighted by Gasteiger charge is -2.44. The standard InChI is InChI=1S/C35H47N3O4/c1-10-23(3)29(37-33(41)42-35(7,8)9)32(40)38(34(4,5)6)30(26-18-16-24(11-2)17-19-26)31(39)36-28-21-20-25-14-12-13-15-27(25)22-28/h12-23,29-30H,10-11H2,1-9H3,(H,36,39)(H,37,41). The summed E-state index contributed by atoms with van der Waals surface area (Å²) in [6.45, 7) is 17.0. The van der Waals surface area contributed by atoms with Crippen LogP contribution in [-0.2, 0) is 20.7 Å². The highest BCUT2D eigenvalue weighted by Gasteiger charge is 2.43. The van der Waals surface area contributed by atoms with E-state index in [1.54, 1.807) is 25.7 Å². The zero-order valence-corrected chi connectivity index (χ0v) is 26.6. The zero-order valence-electron chi connectivity index (χ0n) is 26.6. The van der Waals surface area contributed by atoms with Crippen LogP contribution in [0.2, 0.25) is 0 Å². The van der Waals surface area contributed by atoms with Gasteiger partial charge >= 0.3 is 6.09 Å². The minimum Gasteiger partial charge on any atom is -0.444 e. The number of fused-ring (bicyclic) bond motifs is 1. The third-order valence-corrected chi connectivity index (χ3v) is 7.34. The molecule has 3 aromatic carbocycles. The van der Waals surface area contributed by atoms with E-state index in [4.69, 9.17) is 4.74 Å². The molecule has 2 N–H and O–H groups in total. The normalized spacial score (nSPS) is 14.0. The summed E-state index contributed by atoms with van der Waals surface area (Å²) in [5.74, 6) is -0.888. The third-order valence-electron chi connectivity index (χ3n) is 7.34. The van der Waals surface area contributed by atoms with Gasteiger partial charge in [-0.15, -0.1) is 0 Å². The van der Waals surface area contributed by atoms with Gasteiger partial charge in [-0.1, -0.05) is 81.8 Å². The Bertz CT molecular complexity index is 1390. The van der Waals surface area contributed by atoms with E-state index < -0.39 is 29.3 Å². The molecule has 7 nitrogen and oxygen atoms in total. The molecule has 3 unspecified atom stereocenters. The smallest absolute Gasteiger partial charge is 0.408 e. The number of amides is 3. The van der Waals surface area contributed by atoms with Gasteiger partial charge in [0.2, 0.25) is 5.91 Å². The molecule has 0 aliphatic heterocycles. The van der Waals surface area contributed by atoms with E-state index in [-0.39, 0.29) is 17.7 Å². The van der Waals surface area contributed by atoms with Gasteiger partial charge in [-0.2, -0.15) is 0 Å². The molecule has 0 fully saturated rings. The first-order valence-corrected chi connectivity index (χ1v) is 14.9. The van der Waals surface area contributed by atoms with Crippen molar-refractivity contribution < 1.29 is 19.1 Å². The number of hydrogen-bond donors (Lipinski definition) is 2. The topological polar surface area (TPSA) is 87.7 Å². The van der Waals surface area contributed by atoms with Crippen molar-refractivity contribution in [2.45, 2.75) is 98.4 Å². The van der Waals surface area contributed by atoms with Crippen LogP contribution < -0.4 is 10.6 Å². The number of alkyl carbamates (subject to hydrolysis) is 1. The fraction of sp³-hybridized carbons (Fsp3) is 0.457. The molecule has 0 aliphatic rings. The Morgan fingerprint density at radius 2 is 1.48 bits per heavy atom. The van der Waals surface area contributed by atoms with Gasteiger partial charge in [-0.3, -0.25) is 9.59 Å². The van der Waals surface area contributed by atoms with Crippen molar-refractivity contribution in [3.05, 3.63) is 77.9 Å². The predicted molar refractivity (Wildman–Crippen MR) is 170 cm³/mol. The summed E-state index contributed by atoms with van der Waals surface area (Å²) in [7, 11) is 0. The Balaban J connectivity index is 2.09. The molecule has 226 valence electrons. The predicted octanol–water partition coefficient (Wildman–Crippen LogP) is 7.65. The van der Waals surface area contributed by atoms with E-state index in [1.165, 1.54) is 0 Å². The molecule has 7 heteroatoms. The van der Waals surface area contributed by atoms with E-state index >= 15 is 0 Å². The molecule has 0 aliphatic carbocycles. The second-order valence-corrected chi connectivity index (χ2v) is 12.9. The van der Waals surface area contributed by atoms with E-state index in [0.29, 0.717) is 17.7 Å². The van der Waals surface area contributed by atoms with E-state index in [9.17, 15) is 14.4 Å². The second-order valence-electron chi connectivity index (χ2n) is 12.9. The molecule has 3 atom stereocenters. The maximum Gasteiger partial charge on any atom is 0.408 e. The molecule has 0 heterocycles. The number of aryl methyl sites for hydroxylation is 1. The van der Waals surface area contributed by atoms with Gasteiger partial charge < -0.3 is 20.3 Å². The quantitative estimate of drug-likeness (QED) is 0.275. The van der Waals surface area contributed by atoms with Gasteiger partial charge in [-0.25, -0.2) is 4.79 Å². The maximum absolute atomic E-state index is 14.5. The van der Waals surface area contributed by atoms with Gasteiger partial charge in [0.25, 0.3) is 5.91 Å². The highest BCUT2D eigenvalue weighted by molar-refractivity contribution is 6.00. The van der Waals surface area contributed by atoms with Gasteiger partial charge in [-0.05, 0) is 87.9 Å². The van der Waals surface area contributed by atoms with E-state index in [2.05, 4.69) is 17.6 Å². The van der Waals surface area contributed by atoms with Gasteiger partial charge in [0.15, 0.2) is 0 Å². The van der Waals surface area contributed by atoms with Crippen molar-refractivity contribution in [1.29, 1.82) is 0 Å². The molecule has 0 bridgehead atoms. The number of carbonyl (C=O) groups is 3. The van der Waals surface area contributed by atoms with Crippen LogP contribution in [0.25, 0.3) is 10.8 Å². The lowest BCUT2D eigenvalue weighted by Crippen LogP contribution is -2.59. The van der Waals surface area contributed by atoms with Crippen LogP contribution in [0.1, 0.15) is 85.9 Å². The molecular formula is C35H47N3O4. The summed E-state index contributed by atoms with van der Waals surface area (Å²) in [6, 6.07) is 19.7. The Morgan fingerprint density at radius 3 is 2.02 bits per heavy atom. The Labute approximate surface area is 251 Å². The van der Waals surface area contributed by atoms with Crippen LogP contribution in [0.5, 0.6) is 0 Å². The first kappa shape index (κ1) is 32.6. The highest BCUT2D eigenvalue weighted by Crippen LogP contribution is 2.33. The molecule has 0 radical (unpaired) electrons. The lowest BCUT2D eigenvalue weighted by molar-refractivity contribution is -0.147. The van der Waals surface area contributed by atoms with Crippen molar-refractivity contribution in [3.63, 3.8) is 0 Å². The van der Waals surface area contributed by atoms with Crippen LogP contribution in [0.3, 0.4) is 0 Å². The number of nitrogens with zero attached hydrogens (tertiary/aromatic N) is 1. The largest absolute Gasteiger partial charge is 0.444 e. The highest BCUT2D eigenvalue weighted by atomic mass is 16.6. The average molecular weight is 574 g/mol. The molecule has 0 spiro atoms. The Morgan fingerprint density at radius 1 is 0.857 bits per heavy atom. The van der Waals surface area contributed by atoms with Crippen LogP contribution in [0.15, 0.2) is 66.7 Å². The zero-order chi connectivity index (χ0) is 31.2. The number of rotatable bonds is 9. The molecule has 42 heavy (non-hydrogen) atoms. The second kappa shape index (κ2) is 13.4. The fourth-order valence-electron chi connectivity index (χ4n) is 4.94. The lowest BCUT2D eigenvalue weighted by atomic mass is 9.91. The third kappa shape index (κ3) is 8.34. The summed E-state index contributed by atoms with van der Waals surface area (Å²) in [4.78, 5) is 43.3. The number of anilines is 1. The minimum absolute atomic E-state index is 0.207. The summed E-state index contributed by atoms with van der Waals surface area (Å²) < 4.78 is 5.51. The number of benzene rings is 3. The molecule has 3 amide bonds. The summed E-state index contributed by atoms with van der Waals surface area (Å²) in [6.07, 6.45) is 0.828. The number of ether oxygens (including phenoxy) is 1. The summed E-state index contributed by atoms with van der Waals surface area (Å²) >= 11 is 0. The summed E-state index contributed by atoms with van der Waals surface area (Å²) in [5, 5.41) is 7.97. The Hall–Kier alpha value is -3.87. The van der Waals surface area contributed by atoms with Crippen LogP contribution >= 0.6 is 0 Å². The first-order chi connectivity index (χ1) is 19.6. The number of carbonyl (C=O) groups excluding carboxylic acids is 3. The van der Waals surface area contributed by atoms with Crippen molar-refractivity contribution in [2.75, 3.05) is 5.32 Å². The van der Waals surface area contributed by atoms with Crippen LogP contribution in [0, 0.1) is 5.92 Å². The van der Waals surface area contributed by atoms with E-state index in [1.807, 2.05) is 101 Å². The molecule has 3 aromatic rings. The molecule has 3 rings (SSSR count). The van der Waals surface area contributed by atoms with Crippen molar-refractivity contribution in [2.24, 2.45) is 5.92 Å². The molecule has 0 saturated heterocycles. The SMILES string of the molecule is CCc1ccc(C(C(=O)Nc2ccc3ccccc3c2)N(C(=O)C(NC(=O)OC(C)(C)C)C(C)CC)C(C)(C)C)cc1. The molecule has 0 aromatic heterocycles. The molecule has 0 saturated carbocycles. The first-order valence-electron chi connectivity index (χ1n) is 14.9. The van der Waals surface area contributed by atoms with Crippen LogP contribution in [-0.4, -0.2) is 40.0 Å². The average Bonchev–Trinajstić information content (AvgIpc) is 2.92. The minimum atomic E-state index is -0.957. The number of nitrogens with one attached hydrogen (secondary N) is 2. The van der Waals surface area contributed by atoms with E-state index in [0.717, 1.165) is 22.8 Å². The van der Waals surface area contributed by atoms with Gasteiger partial charge in [0.05, 0.1) is 0 Å².